The Morgan fingerprint density at radius 1 is 1.24 bits per heavy atom. The lowest BCUT2D eigenvalue weighted by molar-refractivity contribution is -0.133. The molecule has 0 aromatic heterocycles. The van der Waals surface area contributed by atoms with Crippen molar-refractivity contribution in [2.24, 2.45) is 0 Å². The van der Waals surface area contributed by atoms with E-state index >= 15 is 0 Å². The second kappa shape index (κ2) is 8.78. The lowest BCUT2D eigenvalue weighted by Crippen LogP contribution is -2.52. The van der Waals surface area contributed by atoms with Crippen LogP contribution in [0.15, 0.2) is 29.2 Å². The highest BCUT2D eigenvalue weighted by Gasteiger charge is 2.23. The zero-order valence-corrected chi connectivity index (χ0v) is 16.2. The quantitative estimate of drug-likeness (QED) is 0.792. The largest absolute Gasteiger partial charge is 0.337 e. The van der Waals surface area contributed by atoms with Gasteiger partial charge in [-0.1, -0.05) is 26.0 Å². The first-order valence-electron chi connectivity index (χ1n) is 8.99. The van der Waals surface area contributed by atoms with Gasteiger partial charge in [-0.3, -0.25) is 4.79 Å². The van der Waals surface area contributed by atoms with Crippen LogP contribution in [-0.2, 0) is 21.2 Å². The van der Waals surface area contributed by atoms with Gasteiger partial charge in [0, 0.05) is 45.2 Å². The first-order valence-corrected chi connectivity index (χ1v) is 10.4. The highest BCUT2D eigenvalue weighted by Crippen LogP contribution is 2.17. The number of piperazine rings is 1. The van der Waals surface area contributed by atoms with Crippen molar-refractivity contribution in [3.63, 3.8) is 0 Å². The number of sulfonamides is 1. The lowest BCUT2D eigenvalue weighted by Gasteiger charge is -2.34. The van der Waals surface area contributed by atoms with Crippen LogP contribution in [-0.4, -0.2) is 62.3 Å². The Bertz CT molecular complexity index is 669. The Labute approximate surface area is 151 Å². The monoisotopic (exact) mass is 367 g/mol. The van der Waals surface area contributed by atoms with E-state index < -0.39 is 10.0 Å². The van der Waals surface area contributed by atoms with Crippen molar-refractivity contribution in [1.82, 2.24) is 14.5 Å². The summed E-state index contributed by atoms with van der Waals surface area (Å²) in [5.74, 6) is 0.161. The molecular formula is C18H29N3O3S. The van der Waals surface area contributed by atoms with Gasteiger partial charge in [0.05, 0.1) is 4.90 Å². The van der Waals surface area contributed by atoms with E-state index in [0.29, 0.717) is 30.8 Å². The maximum absolute atomic E-state index is 12.5. The molecule has 1 aromatic carbocycles. The molecule has 2 rings (SSSR count). The summed E-state index contributed by atoms with van der Waals surface area (Å²) >= 11 is 0. The van der Waals surface area contributed by atoms with E-state index in [4.69, 9.17) is 0 Å². The number of nitrogens with zero attached hydrogens (tertiary/aromatic N) is 2. The average Bonchev–Trinajstić information content (AvgIpc) is 2.61. The Morgan fingerprint density at radius 3 is 2.44 bits per heavy atom. The van der Waals surface area contributed by atoms with Crippen molar-refractivity contribution in [3.8, 4) is 0 Å². The van der Waals surface area contributed by atoms with Gasteiger partial charge in [0.25, 0.3) is 0 Å². The Kier molecular flexibility index (Phi) is 6.98. The number of nitrogens with one attached hydrogen (secondary N) is 1. The molecule has 1 aliphatic heterocycles. The van der Waals surface area contributed by atoms with Crippen LogP contribution in [0.5, 0.6) is 0 Å². The normalized spacial score (nSPS) is 18.6. The van der Waals surface area contributed by atoms with Gasteiger partial charge in [0.2, 0.25) is 15.9 Å². The third-order valence-corrected chi connectivity index (χ3v) is 6.78. The standard InChI is InChI=1S/C18H29N3O3S/c1-4-20(5-2)25(23,24)17-9-6-16(7-10-17)8-11-18(22)21-13-12-19-14-15(21)3/h6-7,9-10,15,19H,4-5,8,11-14H2,1-3H3/t15-/m0/s1. The van der Waals surface area contributed by atoms with E-state index in [1.54, 1.807) is 12.1 Å². The summed E-state index contributed by atoms with van der Waals surface area (Å²) in [4.78, 5) is 14.6. The van der Waals surface area contributed by atoms with Crippen molar-refractivity contribution >= 4 is 15.9 Å². The summed E-state index contributed by atoms with van der Waals surface area (Å²) in [5.41, 5.74) is 0.981. The molecule has 1 aromatic rings. The molecule has 6 nitrogen and oxygen atoms in total. The maximum Gasteiger partial charge on any atom is 0.243 e. The highest BCUT2D eigenvalue weighted by molar-refractivity contribution is 7.89. The van der Waals surface area contributed by atoms with Gasteiger partial charge >= 0.3 is 0 Å². The number of rotatable bonds is 7. The zero-order chi connectivity index (χ0) is 18.4. The Balaban J connectivity index is 1.97. The predicted molar refractivity (Wildman–Crippen MR) is 98.9 cm³/mol. The van der Waals surface area contributed by atoms with E-state index in [1.807, 2.05) is 30.9 Å². The van der Waals surface area contributed by atoms with Gasteiger partial charge in [0.1, 0.15) is 0 Å². The second-order valence-corrected chi connectivity index (χ2v) is 8.31. The fraction of sp³-hybridized carbons (Fsp3) is 0.611. The number of carbonyl (C=O) groups excluding carboxylic acids is 1. The Hall–Kier alpha value is -1.44. The second-order valence-electron chi connectivity index (χ2n) is 6.37. The van der Waals surface area contributed by atoms with Crippen molar-refractivity contribution in [2.75, 3.05) is 32.7 Å². The number of hydrogen-bond donors (Lipinski definition) is 1. The maximum atomic E-state index is 12.5. The summed E-state index contributed by atoms with van der Waals surface area (Å²) in [6.45, 7) is 9.06. The summed E-state index contributed by atoms with van der Waals surface area (Å²) < 4.78 is 26.4. The molecule has 0 radical (unpaired) electrons. The molecule has 25 heavy (non-hydrogen) atoms. The summed E-state index contributed by atoms with van der Waals surface area (Å²) in [7, 11) is -3.42. The van der Waals surface area contributed by atoms with Gasteiger partial charge < -0.3 is 10.2 Å². The number of benzene rings is 1. The smallest absolute Gasteiger partial charge is 0.243 e. The fourth-order valence-electron chi connectivity index (χ4n) is 3.15. The van der Waals surface area contributed by atoms with Crippen LogP contribution in [0.2, 0.25) is 0 Å². The number of aryl methyl sites for hydroxylation is 1. The van der Waals surface area contributed by atoms with E-state index in [0.717, 1.165) is 25.2 Å². The molecule has 0 saturated carbocycles. The molecule has 1 aliphatic rings. The van der Waals surface area contributed by atoms with Crippen LogP contribution in [0.4, 0.5) is 0 Å². The third kappa shape index (κ3) is 4.80. The molecule has 1 atom stereocenters. The molecule has 0 aliphatic carbocycles. The molecule has 1 fully saturated rings. The van der Waals surface area contributed by atoms with Crippen LogP contribution in [0.3, 0.4) is 0 Å². The fourth-order valence-corrected chi connectivity index (χ4v) is 4.61. The van der Waals surface area contributed by atoms with E-state index in [2.05, 4.69) is 12.2 Å². The lowest BCUT2D eigenvalue weighted by atomic mass is 10.1. The molecule has 0 bridgehead atoms. The molecule has 1 amide bonds. The van der Waals surface area contributed by atoms with Gasteiger partial charge in [0.15, 0.2) is 0 Å². The van der Waals surface area contributed by atoms with Crippen molar-refractivity contribution < 1.29 is 13.2 Å². The van der Waals surface area contributed by atoms with E-state index in [-0.39, 0.29) is 11.9 Å². The number of hydrogen-bond acceptors (Lipinski definition) is 4. The van der Waals surface area contributed by atoms with Crippen molar-refractivity contribution in [1.29, 1.82) is 0 Å². The van der Waals surface area contributed by atoms with Gasteiger partial charge in [-0.05, 0) is 31.0 Å². The molecule has 0 spiro atoms. The molecule has 1 saturated heterocycles. The first-order chi connectivity index (χ1) is 11.9. The summed E-state index contributed by atoms with van der Waals surface area (Å²) in [5, 5.41) is 3.28. The molecular weight excluding hydrogens is 338 g/mol. The van der Waals surface area contributed by atoms with Crippen LogP contribution < -0.4 is 5.32 Å². The minimum atomic E-state index is -3.42. The molecule has 1 heterocycles. The minimum absolute atomic E-state index is 0.161. The topological polar surface area (TPSA) is 69.7 Å². The number of amides is 1. The third-order valence-electron chi connectivity index (χ3n) is 4.72. The molecule has 7 heteroatoms. The SMILES string of the molecule is CCN(CC)S(=O)(=O)c1ccc(CCC(=O)N2CCNC[C@@H]2C)cc1. The molecule has 140 valence electrons. The van der Waals surface area contributed by atoms with Crippen molar-refractivity contribution in [3.05, 3.63) is 29.8 Å². The average molecular weight is 368 g/mol. The van der Waals surface area contributed by atoms with Crippen LogP contribution >= 0.6 is 0 Å². The predicted octanol–water partition coefficient (Wildman–Crippen LogP) is 1.47. The summed E-state index contributed by atoms with van der Waals surface area (Å²) in [6.07, 6.45) is 1.08. The first kappa shape index (κ1) is 19.9. The van der Waals surface area contributed by atoms with Gasteiger partial charge in [-0.25, -0.2) is 8.42 Å². The van der Waals surface area contributed by atoms with Crippen LogP contribution in [0.1, 0.15) is 32.8 Å². The zero-order valence-electron chi connectivity index (χ0n) is 15.4. The van der Waals surface area contributed by atoms with E-state index in [1.165, 1.54) is 4.31 Å². The molecule has 1 N–H and O–H groups in total. The number of carbonyl (C=O) groups is 1. The Morgan fingerprint density at radius 2 is 1.88 bits per heavy atom. The van der Waals surface area contributed by atoms with Crippen molar-refractivity contribution in [2.45, 2.75) is 44.6 Å². The summed E-state index contributed by atoms with van der Waals surface area (Å²) in [6, 6.07) is 7.13. The van der Waals surface area contributed by atoms with E-state index in [9.17, 15) is 13.2 Å². The molecule has 0 unspecified atom stereocenters. The highest BCUT2D eigenvalue weighted by atomic mass is 32.2. The minimum Gasteiger partial charge on any atom is -0.337 e. The van der Waals surface area contributed by atoms with Gasteiger partial charge in [-0.2, -0.15) is 4.31 Å². The van der Waals surface area contributed by atoms with Gasteiger partial charge in [-0.15, -0.1) is 0 Å². The van der Waals surface area contributed by atoms with Crippen LogP contribution in [0, 0.1) is 0 Å². The van der Waals surface area contributed by atoms with Crippen LogP contribution in [0.25, 0.3) is 0 Å².